The minimum atomic E-state index is 0.0771. The second kappa shape index (κ2) is 6.06. The summed E-state index contributed by atoms with van der Waals surface area (Å²) >= 11 is 1.63. The van der Waals surface area contributed by atoms with Crippen LogP contribution in [-0.2, 0) is 18.4 Å². The van der Waals surface area contributed by atoms with Crippen molar-refractivity contribution in [2.75, 3.05) is 0 Å². The van der Waals surface area contributed by atoms with E-state index in [1.54, 1.807) is 11.3 Å². The number of benzene rings is 1. The zero-order chi connectivity index (χ0) is 14.6. The van der Waals surface area contributed by atoms with Crippen molar-refractivity contribution in [2.24, 2.45) is 0 Å². The van der Waals surface area contributed by atoms with E-state index in [0.29, 0.717) is 13.0 Å². The van der Waals surface area contributed by atoms with Gasteiger partial charge in [0.15, 0.2) is 0 Å². The molecule has 104 valence electrons. The fraction of sp³-hybridized carbons (Fsp3) is 0.375. The molecule has 20 heavy (non-hydrogen) atoms. The van der Waals surface area contributed by atoms with E-state index in [9.17, 15) is 0 Å². The molecule has 0 amide bonds. The van der Waals surface area contributed by atoms with Gasteiger partial charge in [0.2, 0.25) is 0 Å². The van der Waals surface area contributed by atoms with E-state index in [2.05, 4.69) is 37.2 Å². The molecule has 0 saturated carbocycles. The van der Waals surface area contributed by atoms with Gasteiger partial charge >= 0.3 is 0 Å². The van der Waals surface area contributed by atoms with Crippen LogP contribution in [0.15, 0.2) is 29.6 Å². The molecule has 3 nitrogen and oxygen atoms in total. The number of nitrogens with zero attached hydrogens (tertiary/aromatic N) is 2. The molecule has 0 aliphatic heterocycles. The first kappa shape index (κ1) is 14.5. The fourth-order valence-electron chi connectivity index (χ4n) is 1.66. The Kier molecular flexibility index (Phi) is 4.41. The number of rotatable bonds is 4. The van der Waals surface area contributed by atoms with Crippen molar-refractivity contribution in [3.05, 3.63) is 45.9 Å². The highest BCUT2D eigenvalue weighted by Gasteiger charge is 2.17. The number of ether oxygens (including phenoxy) is 1. The van der Waals surface area contributed by atoms with Crippen LogP contribution >= 0.6 is 11.3 Å². The molecule has 2 aromatic rings. The second-order valence-electron chi connectivity index (χ2n) is 5.64. The van der Waals surface area contributed by atoms with Crippen molar-refractivity contribution in [3.8, 4) is 11.8 Å². The minimum absolute atomic E-state index is 0.0771. The predicted octanol–water partition coefficient (Wildman–Crippen LogP) is 4.09. The lowest BCUT2D eigenvalue weighted by atomic mass is 9.93. The quantitative estimate of drug-likeness (QED) is 0.850. The lowest BCUT2D eigenvalue weighted by Crippen LogP contribution is -2.11. The first-order valence-electron chi connectivity index (χ1n) is 6.52. The maximum Gasteiger partial charge on any atom is 0.140 e. The van der Waals surface area contributed by atoms with Crippen LogP contribution in [0.3, 0.4) is 0 Å². The van der Waals surface area contributed by atoms with Gasteiger partial charge in [-0.15, -0.1) is 11.3 Å². The van der Waals surface area contributed by atoms with Crippen molar-refractivity contribution in [1.82, 2.24) is 4.98 Å². The molecular formula is C16H18N2OS. The molecule has 0 aliphatic rings. The van der Waals surface area contributed by atoms with Crippen LogP contribution in [-0.4, -0.2) is 4.98 Å². The van der Waals surface area contributed by atoms with E-state index >= 15 is 0 Å². The largest absolute Gasteiger partial charge is 0.486 e. The monoisotopic (exact) mass is 286 g/mol. The first-order valence-corrected chi connectivity index (χ1v) is 7.40. The third-order valence-corrected chi connectivity index (χ3v) is 3.71. The Morgan fingerprint density at radius 1 is 1.25 bits per heavy atom. The van der Waals surface area contributed by atoms with Gasteiger partial charge in [-0.2, -0.15) is 5.26 Å². The summed E-state index contributed by atoms with van der Waals surface area (Å²) in [5.41, 5.74) is 2.18. The van der Waals surface area contributed by atoms with E-state index in [-0.39, 0.29) is 5.41 Å². The van der Waals surface area contributed by atoms with Crippen LogP contribution in [0.2, 0.25) is 0 Å². The summed E-state index contributed by atoms with van der Waals surface area (Å²) in [6.45, 7) is 6.94. The highest BCUT2D eigenvalue weighted by atomic mass is 32.1. The Balaban J connectivity index is 1.95. The van der Waals surface area contributed by atoms with Gasteiger partial charge in [-0.05, 0) is 17.7 Å². The van der Waals surface area contributed by atoms with Gasteiger partial charge in [-0.25, -0.2) is 4.98 Å². The highest BCUT2D eigenvalue weighted by molar-refractivity contribution is 7.09. The Bertz CT molecular complexity index is 603. The molecule has 1 heterocycles. The summed E-state index contributed by atoms with van der Waals surface area (Å²) < 4.78 is 5.72. The first-order chi connectivity index (χ1) is 9.49. The molecule has 0 atom stereocenters. The van der Waals surface area contributed by atoms with Gasteiger partial charge in [0.1, 0.15) is 17.4 Å². The van der Waals surface area contributed by atoms with Gasteiger partial charge in [-0.1, -0.05) is 32.9 Å². The maximum absolute atomic E-state index is 8.62. The molecule has 1 aromatic carbocycles. The topological polar surface area (TPSA) is 45.9 Å². The molecule has 0 unspecified atom stereocenters. The van der Waals surface area contributed by atoms with Gasteiger partial charge in [0.05, 0.1) is 18.2 Å². The summed E-state index contributed by atoms with van der Waals surface area (Å²) in [5.74, 6) is 0.805. The number of nitriles is 1. The lowest BCUT2D eigenvalue weighted by molar-refractivity contribution is 0.305. The van der Waals surface area contributed by atoms with E-state index in [1.165, 1.54) is 0 Å². The lowest BCUT2D eigenvalue weighted by Gasteiger charge is -2.14. The Morgan fingerprint density at radius 2 is 1.95 bits per heavy atom. The van der Waals surface area contributed by atoms with Crippen LogP contribution in [0.1, 0.15) is 37.0 Å². The summed E-state index contributed by atoms with van der Waals surface area (Å²) in [6, 6.07) is 9.75. The highest BCUT2D eigenvalue weighted by Crippen LogP contribution is 2.24. The van der Waals surface area contributed by atoms with Crippen LogP contribution in [0.25, 0.3) is 0 Å². The number of thiazole rings is 1. The Labute approximate surface area is 123 Å². The summed E-state index contributed by atoms with van der Waals surface area (Å²) in [6.07, 6.45) is 0.432. The van der Waals surface area contributed by atoms with Crippen LogP contribution in [0, 0.1) is 11.3 Å². The molecule has 0 spiro atoms. The van der Waals surface area contributed by atoms with Gasteiger partial charge in [0.25, 0.3) is 0 Å². The van der Waals surface area contributed by atoms with E-state index in [4.69, 9.17) is 10.00 Å². The van der Waals surface area contributed by atoms with Crippen LogP contribution < -0.4 is 4.74 Å². The molecule has 4 heteroatoms. The van der Waals surface area contributed by atoms with E-state index in [0.717, 1.165) is 22.0 Å². The molecule has 2 rings (SSSR count). The number of hydrogen-bond acceptors (Lipinski definition) is 4. The summed E-state index contributed by atoms with van der Waals surface area (Å²) in [5, 5.41) is 11.7. The van der Waals surface area contributed by atoms with Gasteiger partial charge in [0, 0.05) is 10.8 Å². The standard InChI is InChI=1S/C16H18N2OS/c1-16(2,3)14-11-20-15(18-14)10-19-13-6-4-12(5-7-13)8-9-17/h4-7,11H,8,10H2,1-3H3. The molecule has 1 aromatic heterocycles. The Morgan fingerprint density at radius 3 is 2.50 bits per heavy atom. The average Bonchev–Trinajstić information content (AvgIpc) is 2.87. The van der Waals surface area contributed by atoms with E-state index < -0.39 is 0 Å². The molecule has 0 radical (unpaired) electrons. The molecule has 0 N–H and O–H groups in total. The third kappa shape index (κ3) is 3.82. The van der Waals surface area contributed by atoms with Crippen LogP contribution in [0.5, 0.6) is 5.75 Å². The van der Waals surface area contributed by atoms with Crippen molar-refractivity contribution in [2.45, 2.75) is 39.2 Å². The Hall–Kier alpha value is -1.86. The summed E-state index contributed by atoms with van der Waals surface area (Å²) in [4.78, 5) is 4.59. The van der Waals surface area contributed by atoms with Crippen molar-refractivity contribution < 1.29 is 4.74 Å². The molecule has 0 bridgehead atoms. The molecule has 0 aliphatic carbocycles. The molecule has 0 saturated heterocycles. The van der Waals surface area contributed by atoms with Gasteiger partial charge < -0.3 is 4.74 Å². The predicted molar refractivity (Wildman–Crippen MR) is 80.9 cm³/mol. The van der Waals surface area contributed by atoms with Crippen LogP contribution in [0.4, 0.5) is 0 Å². The zero-order valence-corrected chi connectivity index (χ0v) is 12.8. The minimum Gasteiger partial charge on any atom is -0.486 e. The average molecular weight is 286 g/mol. The zero-order valence-electron chi connectivity index (χ0n) is 12.0. The third-order valence-electron chi connectivity index (χ3n) is 2.89. The van der Waals surface area contributed by atoms with Gasteiger partial charge in [-0.3, -0.25) is 0 Å². The number of aromatic nitrogens is 1. The fourth-order valence-corrected chi connectivity index (χ4v) is 2.59. The van der Waals surface area contributed by atoms with E-state index in [1.807, 2.05) is 24.3 Å². The smallest absolute Gasteiger partial charge is 0.140 e. The maximum atomic E-state index is 8.62. The SMILES string of the molecule is CC(C)(C)c1csc(COc2ccc(CC#N)cc2)n1. The van der Waals surface area contributed by atoms with Crippen molar-refractivity contribution in [3.63, 3.8) is 0 Å². The molecule has 0 fully saturated rings. The number of hydrogen-bond donors (Lipinski definition) is 0. The summed E-state index contributed by atoms with van der Waals surface area (Å²) in [7, 11) is 0. The molecular weight excluding hydrogens is 268 g/mol. The normalized spacial score (nSPS) is 11.1. The second-order valence-corrected chi connectivity index (χ2v) is 6.59. The van der Waals surface area contributed by atoms with Crippen molar-refractivity contribution >= 4 is 11.3 Å². The van der Waals surface area contributed by atoms with Crippen molar-refractivity contribution in [1.29, 1.82) is 5.26 Å².